The van der Waals surface area contributed by atoms with E-state index < -0.39 is 5.91 Å². The Morgan fingerprint density at radius 1 is 1.21 bits per heavy atom. The molecule has 3 rings (SSSR count). The first-order valence-corrected chi connectivity index (χ1v) is 7.09. The van der Waals surface area contributed by atoms with E-state index in [-0.39, 0.29) is 37.5 Å². The molecule has 0 radical (unpaired) electrons. The maximum Gasteiger partial charge on any atom is 0.316 e. The summed E-state index contributed by atoms with van der Waals surface area (Å²) in [7, 11) is 0. The molecular weight excluding hydrogens is 316 g/mol. The van der Waals surface area contributed by atoms with E-state index >= 15 is 0 Å². The summed E-state index contributed by atoms with van der Waals surface area (Å²) >= 11 is 0. The zero-order valence-electron chi connectivity index (χ0n) is 12.6. The van der Waals surface area contributed by atoms with Crippen LogP contribution in [0.25, 0.3) is 11.4 Å². The van der Waals surface area contributed by atoms with Gasteiger partial charge in [-0.15, -0.1) is 0 Å². The van der Waals surface area contributed by atoms with Crippen LogP contribution in [0, 0.1) is 0 Å². The van der Waals surface area contributed by atoms with E-state index in [2.05, 4.69) is 27.4 Å². The summed E-state index contributed by atoms with van der Waals surface area (Å²) in [6, 6.07) is 5.18. The van der Waals surface area contributed by atoms with Crippen LogP contribution in [-0.4, -0.2) is 41.8 Å². The second kappa shape index (κ2) is 6.82. The van der Waals surface area contributed by atoms with Gasteiger partial charge in [0.2, 0.25) is 18.5 Å². The Kier molecular flexibility index (Phi) is 4.41. The first-order valence-electron chi connectivity index (χ1n) is 7.09. The first-order chi connectivity index (χ1) is 11.7. The molecule has 1 aromatic carbocycles. The molecule has 24 heavy (non-hydrogen) atoms. The third-order valence-electron chi connectivity index (χ3n) is 3.15. The fourth-order valence-corrected chi connectivity index (χ4v) is 1.98. The van der Waals surface area contributed by atoms with Crippen LogP contribution in [0.3, 0.4) is 0 Å². The van der Waals surface area contributed by atoms with Crippen molar-refractivity contribution < 1.29 is 23.6 Å². The van der Waals surface area contributed by atoms with Gasteiger partial charge < -0.3 is 24.6 Å². The van der Waals surface area contributed by atoms with E-state index in [9.17, 15) is 9.59 Å². The van der Waals surface area contributed by atoms with Gasteiger partial charge in [0, 0.05) is 18.7 Å². The van der Waals surface area contributed by atoms with Crippen LogP contribution in [0.15, 0.2) is 35.4 Å². The summed E-state index contributed by atoms with van der Waals surface area (Å²) in [5.74, 6) is 0.480. The van der Waals surface area contributed by atoms with E-state index in [0.717, 1.165) is 6.08 Å². The zero-order chi connectivity index (χ0) is 16.9. The number of fused-ring (bicyclic) bond motifs is 1. The molecule has 0 spiro atoms. The van der Waals surface area contributed by atoms with Crippen molar-refractivity contribution in [1.29, 1.82) is 0 Å². The summed E-state index contributed by atoms with van der Waals surface area (Å²) < 4.78 is 15.5. The van der Waals surface area contributed by atoms with Gasteiger partial charge in [0.25, 0.3) is 0 Å². The van der Waals surface area contributed by atoms with Crippen LogP contribution < -0.4 is 20.1 Å². The molecule has 2 aromatic rings. The minimum atomic E-state index is -0.526. The van der Waals surface area contributed by atoms with Gasteiger partial charge >= 0.3 is 11.8 Å². The fourth-order valence-electron chi connectivity index (χ4n) is 1.98. The van der Waals surface area contributed by atoms with Gasteiger partial charge in [0.05, 0.1) is 0 Å². The predicted molar refractivity (Wildman–Crippen MR) is 81.4 cm³/mol. The second-order valence-corrected chi connectivity index (χ2v) is 4.74. The number of rotatable bonds is 6. The van der Waals surface area contributed by atoms with Crippen LogP contribution in [-0.2, 0) is 4.79 Å². The summed E-state index contributed by atoms with van der Waals surface area (Å²) in [5, 5.41) is 8.86. The Bertz CT molecular complexity index is 786. The highest BCUT2D eigenvalue weighted by Crippen LogP contribution is 2.35. The molecule has 0 saturated carbocycles. The number of hydrogen-bond acceptors (Lipinski definition) is 7. The molecule has 0 unspecified atom stereocenters. The molecule has 0 fully saturated rings. The molecule has 124 valence electrons. The van der Waals surface area contributed by atoms with Crippen molar-refractivity contribution in [2.24, 2.45) is 0 Å². The lowest BCUT2D eigenvalue weighted by Crippen LogP contribution is -2.34. The van der Waals surface area contributed by atoms with Crippen molar-refractivity contribution in [1.82, 2.24) is 20.8 Å². The van der Waals surface area contributed by atoms with Crippen molar-refractivity contribution in [3.8, 4) is 22.9 Å². The van der Waals surface area contributed by atoms with Gasteiger partial charge in [-0.3, -0.25) is 9.59 Å². The monoisotopic (exact) mass is 330 g/mol. The van der Waals surface area contributed by atoms with E-state index in [0.29, 0.717) is 17.1 Å². The van der Waals surface area contributed by atoms with Crippen LogP contribution in [0.2, 0.25) is 0 Å². The number of hydrogen-bond donors (Lipinski definition) is 2. The van der Waals surface area contributed by atoms with Crippen molar-refractivity contribution >= 4 is 11.8 Å². The molecule has 1 aliphatic heterocycles. The lowest BCUT2D eigenvalue weighted by Gasteiger charge is -2.02. The number of carbonyl (C=O) groups is 2. The smallest absolute Gasteiger partial charge is 0.316 e. The van der Waals surface area contributed by atoms with Crippen molar-refractivity contribution in [2.45, 2.75) is 0 Å². The number of amides is 2. The highest BCUT2D eigenvalue weighted by molar-refractivity contribution is 5.90. The Hall–Kier alpha value is -3.36. The number of nitrogens with one attached hydrogen (secondary N) is 2. The van der Waals surface area contributed by atoms with Crippen molar-refractivity contribution in [3.05, 3.63) is 36.7 Å². The molecule has 0 atom stereocenters. The number of nitrogens with zero attached hydrogens (tertiary/aromatic N) is 2. The van der Waals surface area contributed by atoms with Gasteiger partial charge in [-0.25, -0.2) is 0 Å². The summed E-state index contributed by atoms with van der Waals surface area (Å²) in [5.41, 5.74) is 0.639. The SMILES string of the molecule is C=CC(=O)NCCNC(=O)c1nc(-c2ccc3c(c2)OCO3)no1. The van der Waals surface area contributed by atoms with E-state index in [4.69, 9.17) is 14.0 Å². The Labute approximate surface area is 136 Å². The standard InChI is InChI=1S/C15H14N4O5/c1-2-12(20)16-5-6-17-14(21)15-18-13(19-24-15)9-3-4-10-11(7-9)23-8-22-10/h2-4,7H,1,5-6,8H2,(H,16,20)(H,17,21). The lowest BCUT2D eigenvalue weighted by molar-refractivity contribution is -0.116. The highest BCUT2D eigenvalue weighted by atomic mass is 16.7. The van der Waals surface area contributed by atoms with Crippen LogP contribution in [0.1, 0.15) is 10.7 Å². The molecule has 2 heterocycles. The quantitative estimate of drug-likeness (QED) is 0.585. The maximum atomic E-state index is 11.9. The molecule has 9 nitrogen and oxygen atoms in total. The van der Waals surface area contributed by atoms with Crippen LogP contribution in [0.4, 0.5) is 0 Å². The van der Waals surface area contributed by atoms with E-state index in [1.807, 2.05) is 0 Å². The predicted octanol–water partition coefficient (Wildman–Crippen LogP) is 0.497. The Balaban J connectivity index is 1.59. The molecule has 0 bridgehead atoms. The second-order valence-electron chi connectivity index (χ2n) is 4.74. The van der Waals surface area contributed by atoms with Crippen molar-refractivity contribution in [3.63, 3.8) is 0 Å². The Morgan fingerprint density at radius 2 is 2.00 bits per heavy atom. The molecule has 1 aliphatic rings. The number of benzene rings is 1. The van der Waals surface area contributed by atoms with Gasteiger partial charge in [0.1, 0.15) is 0 Å². The van der Waals surface area contributed by atoms with Crippen LogP contribution >= 0.6 is 0 Å². The molecule has 9 heteroatoms. The molecule has 0 saturated heterocycles. The highest BCUT2D eigenvalue weighted by Gasteiger charge is 2.19. The minimum absolute atomic E-state index is 0.168. The van der Waals surface area contributed by atoms with Crippen molar-refractivity contribution in [2.75, 3.05) is 19.9 Å². The number of aromatic nitrogens is 2. The number of ether oxygens (including phenoxy) is 2. The molecule has 2 amide bonds. The average Bonchev–Trinajstić information content (AvgIpc) is 3.26. The molecule has 0 aliphatic carbocycles. The summed E-state index contributed by atoms with van der Waals surface area (Å²) in [6.07, 6.45) is 1.15. The first kappa shape index (κ1) is 15.5. The lowest BCUT2D eigenvalue weighted by atomic mass is 10.2. The van der Waals surface area contributed by atoms with Gasteiger partial charge in [0.15, 0.2) is 11.5 Å². The summed E-state index contributed by atoms with van der Waals surface area (Å²) in [6.45, 7) is 3.98. The molecule has 2 N–H and O–H groups in total. The minimum Gasteiger partial charge on any atom is -0.454 e. The topological polar surface area (TPSA) is 116 Å². The van der Waals surface area contributed by atoms with Gasteiger partial charge in [-0.2, -0.15) is 4.98 Å². The molecule has 1 aromatic heterocycles. The largest absolute Gasteiger partial charge is 0.454 e. The third kappa shape index (κ3) is 3.35. The number of carbonyl (C=O) groups excluding carboxylic acids is 2. The zero-order valence-corrected chi connectivity index (χ0v) is 12.6. The fraction of sp³-hybridized carbons (Fsp3) is 0.200. The summed E-state index contributed by atoms with van der Waals surface area (Å²) in [4.78, 5) is 26.9. The van der Waals surface area contributed by atoms with Gasteiger partial charge in [-0.1, -0.05) is 11.7 Å². The van der Waals surface area contributed by atoms with Crippen LogP contribution in [0.5, 0.6) is 11.5 Å². The molecular formula is C15H14N4O5. The Morgan fingerprint density at radius 3 is 2.83 bits per heavy atom. The third-order valence-corrected chi connectivity index (χ3v) is 3.15. The van der Waals surface area contributed by atoms with E-state index in [1.54, 1.807) is 18.2 Å². The maximum absolute atomic E-state index is 11.9. The van der Waals surface area contributed by atoms with E-state index in [1.165, 1.54) is 0 Å². The normalized spacial score (nSPS) is 11.8. The average molecular weight is 330 g/mol. The van der Waals surface area contributed by atoms with Gasteiger partial charge in [-0.05, 0) is 24.3 Å².